The van der Waals surface area contributed by atoms with Gasteiger partial charge in [-0.15, -0.1) is 0 Å². The highest BCUT2D eigenvalue weighted by atomic mass is 16.5. The van der Waals surface area contributed by atoms with Crippen LogP contribution in [0, 0.1) is 0 Å². The topological polar surface area (TPSA) is 56.8 Å². The summed E-state index contributed by atoms with van der Waals surface area (Å²) in [5, 5.41) is 2.92. The molecule has 3 rings (SSSR count). The Kier molecular flexibility index (Phi) is 4.10. The maximum Gasteiger partial charge on any atom is 0.232 e. The first-order valence-electron chi connectivity index (χ1n) is 7.36. The number of hydrogen-bond acceptors (Lipinski definition) is 4. The van der Waals surface area contributed by atoms with Crippen molar-refractivity contribution in [1.82, 2.24) is 0 Å². The highest BCUT2D eigenvalue weighted by Gasteiger charge is 2.31. The first-order valence-corrected chi connectivity index (χ1v) is 7.36. The van der Waals surface area contributed by atoms with E-state index in [2.05, 4.69) is 5.32 Å². The predicted octanol–water partition coefficient (Wildman–Crippen LogP) is 2.99. The van der Waals surface area contributed by atoms with Crippen LogP contribution in [0.1, 0.15) is 17.0 Å². The smallest absolute Gasteiger partial charge is 0.232 e. The lowest BCUT2D eigenvalue weighted by Gasteiger charge is -2.16. The molecule has 2 aromatic carbocycles. The van der Waals surface area contributed by atoms with Gasteiger partial charge in [0.25, 0.3) is 0 Å². The third-order valence-electron chi connectivity index (χ3n) is 4.12. The molecular weight excluding hydrogens is 294 g/mol. The van der Waals surface area contributed by atoms with Crippen LogP contribution < -0.4 is 19.5 Å². The summed E-state index contributed by atoms with van der Waals surface area (Å²) in [4.78, 5) is 12.3. The van der Waals surface area contributed by atoms with Gasteiger partial charge in [0, 0.05) is 11.8 Å². The molecule has 0 fully saturated rings. The lowest BCUT2D eigenvalue weighted by molar-refractivity contribution is -0.117. The van der Waals surface area contributed by atoms with Crippen molar-refractivity contribution in [1.29, 1.82) is 0 Å². The quantitative estimate of drug-likeness (QED) is 0.922. The molecule has 0 radical (unpaired) electrons. The summed E-state index contributed by atoms with van der Waals surface area (Å²) >= 11 is 0. The minimum atomic E-state index is -0.238. The zero-order valence-electron chi connectivity index (χ0n) is 13.4. The van der Waals surface area contributed by atoms with Crippen molar-refractivity contribution in [3.63, 3.8) is 0 Å². The fourth-order valence-electron chi connectivity index (χ4n) is 2.95. The number of rotatable bonds is 5. The van der Waals surface area contributed by atoms with Gasteiger partial charge in [-0.05, 0) is 29.7 Å². The first kappa shape index (κ1) is 15.2. The minimum Gasteiger partial charge on any atom is -0.496 e. The van der Waals surface area contributed by atoms with Gasteiger partial charge in [-0.3, -0.25) is 4.79 Å². The molecule has 23 heavy (non-hydrogen) atoms. The Morgan fingerprint density at radius 2 is 1.61 bits per heavy atom. The molecule has 2 aromatic rings. The van der Waals surface area contributed by atoms with Crippen LogP contribution in [0.3, 0.4) is 0 Å². The summed E-state index contributed by atoms with van der Waals surface area (Å²) in [6, 6.07) is 11.4. The second-order valence-electron chi connectivity index (χ2n) is 5.35. The summed E-state index contributed by atoms with van der Waals surface area (Å²) in [5.41, 5.74) is 2.79. The van der Waals surface area contributed by atoms with Gasteiger partial charge >= 0.3 is 0 Å². The van der Waals surface area contributed by atoms with E-state index in [0.717, 1.165) is 16.8 Å². The number of fused-ring (bicyclic) bond motifs is 1. The summed E-state index contributed by atoms with van der Waals surface area (Å²) in [6.07, 6.45) is 0.534. The van der Waals surface area contributed by atoms with Gasteiger partial charge in [0.15, 0.2) is 11.5 Å². The van der Waals surface area contributed by atoms with Crippen molar-refractivity contribution >= 4 is 11.6 Å². The molecular formula is C18H19NO4. The lowest BCUT2D eigenvalue weighted by Crippen LogP contribution is -2.14. The van der Waals surface area contributed by atoms with E-state index in [1.807, 2.05) is 30.3 Å². The molecule has 0 bridgehead atoms. The molecule has 5 nitrogen and oxygen atoms in total. The fraction of sp³-hybridized carbons (Fsp3) is 0.278. The molecule has 1 atom stereocenters. The highest BCUT2D eigenvalue weighted by Crippen LogP contribution is 2.40. The van der Waals surface area contributed by atoms with Gasteiger partial charge in [-0.1, -0.05) is 18.2 Å². The molecule has 5 heteroatoms. The van der Waals surface area contributed by atoms with E-state index in [1.165, 1.54) is 0 Å². The molecule has 0 saturated heterocycles. The fourth-order valence-corrected chi connectivity index (χ4v) is 2.95. The van der Waals surface area contributed by atoms with Crippen LogP contribution >= 0.6 is 0 Å². The van der Waals surface area contributed by atoms with Crippen molar-refractivity contribution in [3.05, 3.63) is 47.5 Å². The van der Waals surface area contributed by atoms with Gasteiger partial charge in [-0.2, -0.15) is 0 Å². The maximum absolute atomic E-state index is 12.3. The second kappa shape index (κ2) is 6.20. The predicted molar refractivity (Wildman–Crippen MR) is 87.6 cm³/mol. The third kappa shape index (κ3) is 2.70. The van der Waals surface area contributed by atoms with Crippen LogP contribution in [0.4, 0.5) is 5.69 Å². The Bertz CT molecular complexity index is 742. The molecule has 0 unspecified atom stereocenters. The molecule has 1 heterocycles. The Morgan fingerprint density at radius 3 is 2.30 bits per heavy atom. The standard InChI is InChI=1S/C18H19NO4/c1-21-15-10-17(23-3)16(22-2)9-11(15)8-13-12-6-4-5-7-14(12)19-18(13)20/h4-7,9-10,13H,8H2,1-3H3,(H,19,20)/t13-/m0/s1. The summed E-state index contributed by atoms with van der Waals surface area (Å²) in [6.45, 7) is 0. The molecule has 1 amide bonds. The van der Waals surface area contributed by atoms with E-state index in [1.54, 1.807) is 27.4 Å². The molecule has 0 saturated carbocycles. The van der Waals surface area contributed by atoms with E-state index >= 15 is 0 Å². The molecule has 1 aliphatic rings. The first-order chi connectivity index (χ1) is 11.2. The number of benzene rings is 2. The zero-order valence-corrected chi connectivity index (χ0v) is 13.4. The Balaban J connectivity index is 1.98. The molecule has 1 N–H and O–H groups in total. The van der Waals surface area contributed by atoms with Crippen molar-refractivity contribution in [2.24, 2.45) is 0 Å². The second-order valence-corrected chi connectivity index (χ2v) is 5.35. The number of ether oxygens (including phenoxy) is 3. The molecule has 0 aromatic heterocycles. The number of anilines is 1. The van der Waals surface area contributed by atoms with Crippen LogP contribution in [0.2, 0.25) is 0 Å². The Morgan fingerprint density at radius 1 is 0.957 bits per heavy atom. The van der Waals surface area contributed by atoms with Crippen molar-refractivity contribution < 1.29 is 19.0 Å². The number of amides is 1. The largest absolute Gasteiger partial charge is 0.496 e. The third-order valence-corrected chi connectivity index (χ3v) is 4.12. The van der Waals surface area contributed by atoms with Gasteiger partial charge in [-0.25, -0.2) is 0 Å². The Hall–Kier alpha value is -2.69. The summed E-state index contributed by atoms with van der Waals surface area (Å²) in [7, 11) is 4.77. The normalized spacial score (nSPS) is 15.8. The van der Waals surface area contributed by atoms with E-state index in [-0.39, 0.29) is 11.8 Å². The SMILES string of the molecule is COc1cc(OC)c(OC)cc1C[C@@H]1C(=O)Nc2ccccc21. The number of nitrogens with one attached hydrogen (secondary N) is 1. The van der Waals surface area contributed by atoms with Gasteiger partial charge in [0.05, 0.1) is 27.2 Å². The van der Waals surface area contributed by atoms with Gasteiger partial charge in [0.2, 0.25) is 5.91 Å². The monoisotopic (exact) mass is 313 g/mol. The average molecular weight is 313 g/mol. The van der Waals surface area contributed by atoms with Gasteiger partial charge < -0.3 is 19.5 Å². The average Bonchev–Trinajstić information content (AvgIpc) is 2.90. The van der Waals surface area contributed by atoms with E-state index in [0.29, 0.717) is 23.7 Å². The molecule has 120 valence electrons. The van der Waals surface area contributed by atoms with Crippen LogP contribution in [0.25, 0.3) is 0 Å². The van der Waals surface area contributed by atoms with E-state index in [4.69, 9.17) is 14.2 Å². The van der Waals surface area contributed by atoms with Crippen molar-refractivity contribution in [2.75, 3.05) is 26.6 Å². The summed E-state index contributed by atoms with van der Waals surface area (Å²) < 4.78 is 16.1. The number of hydrogen-bond donors (Lipinski definition) is 1. The Labute approximate surface area is 135 Å². The van der Waals surface area contributed by atoms with E-state index in [9.17, 15) is 4.79 Å². The maximum atomic E-state index is 12.3. The zero-order chi connectivity index (χ0) is 16.4. The number of carbonyl (C=O) groups is 1. The molecule has 0 spiro atoms. The molecule has 0 aliphatic carbocycles. The highest BCUT2D eigenvalue weighted by molar-refractivity contribution is 6.03. The van der Waals surface area contributed by atoms with Crippen molar-refractivity contribution in [3.8, 4) is 17.2 Å². The lowest BCUT2D eigenvalue weighted by atomic mass is 9.92. The number of methoxy groups -OCH3 is 3. The van der Waals surface area contributed by atoms with Crippen molar-refractivity contribution in [2.45, 2.75) is 12.3 Å². The van der Waals surface area contributed by atoms with Gasteiger partial charge in [0.1, 0.15) is 5.75 Å². The van der Waals surface area contributed by atoms with Crippen LogP contribution in [0.5, 0.6) is 17.2 Å². The number of para-hydroxylation sites is 1. The number of carbonyl (C=O) groups excluding carboxylic acids is 1. The van der Waals surface area contributed by atoms with Crippen LogP contribution in [-0.2, 0) is 11.2 Å². The van der Waals surface area contributed by atoms with Crippen LogP contribution in [-0.4, -0.2) is 27.2 Å². The minimum absolute atomic E-state index is 0.00281. The van der Waals surface area contributed by atoms with Crippen LogP contribution in [0.15, 0.2) is 36.4 Å². The van der Waals surface area contributed by atoms with E-state index < -0.39 is 0 Å². The molecule has 1 aliphatic heterocycles. The summed E-state index contributed by atoms with van der Waals surface area (Å²) in [5.74, 6) is 1.67.